The predicted octanol–water partition coefficient (Wildman–Crippen LogP) is 2.08. The van der Waals surface area contributed by atoms with Gasteiger partial charge in [-0.3, -0.25) is 4.79 Å². The molecule has 1 N–H and O–H groups in total. The van der Waals surface area contributed by atoms with Gasteiger partial charge in [0.15, 0.2) is 5.11 Å². The van der Waals surface area contributed by atoms with Crippen molar-refractivity contribution in [3.05, 3.63) is 0 Å². The SMILES string of the molecule is C[C@@H]1CN(C(=S)NC(=O)C2CCCCC2)C[C@H](C)O1. The fourth-order valence-corrected chi connectivity index (χ4v) is 3.24. The molecule has 1 saturated heterocycles. The molecule has 1 saturated carbocycles. The maximum Gasteiger partial charge on any atom is 0.229 e. The summed E-state index contributed by atoms with van der Waals surface area (Å²) in [6, 6.07) is 0. The first-order valence-electron chi connectivity index (χ1n) is 7.31. The van der Waals surface area contributed by atoms with Crippen LogP contribution in [-0.4, -0.2) is 41.2 Å². The number of nitrogens with one attached hydrogen (secondary N) is 1. The van der Waals surface area contributed by atoms with Crippen LogP contribution >= 0.6 is 12.2 Å². The van der Waals surface area contributed by atoms with Crippen molar-refractivity contribution in [1.82, 2.24) is 10.2 Å². The first-order valence-corrected chi connectivity index (χ1v) is 7.72. The third-order valence-electron chi connectivity index (χ3n) is 3.91. The van der Waals surface area contributed by atoms with E-state index in [0.29, 0.717) is 5.11 Å². The molecule has 4 nitrogen and oxygen atoms in total. The number of morpholine rings is 1. The van der Waals surface area contributed by atoms with Crippen molar-refractivity contribution >= 4 is 23.2 Å². The molecule has 0 bridgehead atoms. The van der Waals surface area contributed by atoms with Gasteiger partial charge in [-0.1, -0.05) is 19.3 Å². The molecule has 19 heavy (non-hydrogen) atoms. The smallest absolute Gasteiger partial charge is 0.229 e. The number of nitrogens with zero attached hydrogens (tertiary/aromatic N) is 1. The maximum atomic E-state index is 12.2. The molecular formula is C14H24N2O2S. The Balaban J connectivity index is 1.84. The molecule has 2 aliphatic rings. The molecule has 2 atom stereocenters. The predicted molar refractivity (Wildman–Crippen MR) is 78.9 cm³/mol. The molecule has 0 aromatic rings. The summed E-state index contributed by atoms with van der Waals surface area (Å²) in [5, 5.41) is 3.49. The van der Waals surface area contributed by atoms with Gasteiger partial charge >= 0.3 is 0 Å². The van der Waals surface area contributed by atoms with Gasteiger partial charge in [0.25, 0.3) is 0 Å². The number of hydrogen-bond donors (Lipinski definition) is 1. The number of amides is 1. The molecule has 5 heteroatoms. The minimum absolute atomic E-state index is 0.108. The van der Waals surface area contributed by atoms with Crippen molar-refractivity contribution < 1.29 is 9.53 Å². The molecule has 0 unspecified atom stereocenters. The Kier molecular flexibility index (Phi) is 5.16. The molecule has 1 amide bonds. The Morgan fingerprint density at radius 1 is 1.16 bits per heavy atom. The molecule has 1 heterocycles. The minimum atomic E-state index is 0.108. The average molecular weight is 284 g/mol. The quantitative estimate of drug-likeness (QED) is 0.749. The first kappa shape index (κ1) is 14.7. The second kappa shape index (κ2) is 6.66. The van der Waals surface area contributed by atoms with Crippen LogP contribution in [-0.2, 0) is 9.53 Å². The Bertz CT molecular complexity index is 332. The van der Waals surface area contributed by atoms with Crippen LogP contribution in [0.15, 0.2) is 0 Å². The molecule has 0 aromatic heterocycles. The Morgan fingerprint density at radius 2 is 1.74 bits per heavy atom. The Morgan fingerprint density at radius 3 is 2.32 bits per heavy atom. The second-order valence-electron chi connectivity index (χ2n) is 5.79. The summed E-state index contributed by atoms with van der Waals surface area (Å²) in [6.45, 7) is 5.59. The van der Waals surface area contributed by atoms with Crippen molar-refractivity contribution in [2.45, 2.75) is 58.2 Å². The molecule has 1 aliphatic carbocycles. The largest absolute Gasteiger partial charge is 0.372 e. The average Bonchev–Trinajstić information content (AvgIpc) is 2.38. The van der Waals surface area contributed by atoms with E-state index in [1.165, 1.54) is 6.42 Å². The molecule has 0 spiro atoms. The number of ether oxygens (including phenoxy) is 1. The van der Waals surface area contributed by atoms with Gasteiger partial charge in [-0.2, -0.15) is 0 Å². The highest BCUT2D eigenvalue weighted by Gasteiger charge is 2.27. The molecule has 108 valence electrons. The summed E-state index contributed by atoms with van der Waals surface area (Å²) in [5.41, 5.74) is 0. The van der Waals surface area contributed by atoms with E-state index in [0.717, 1.165) is 38.8 Å². The monoisotopic (exact) mass is 284 g/mol. The Hall–Kier alpha value is -0.680. The molecule has 0 aromatic carbocycles. The van der Waals surface area contributed by atoms with Crippen LogP contribution < -0.4 is 5.32 Å². The normalized spacial score (nSPS) is 29.1. The highest BCUT2D eigenvalue weighted by Crippen LogP contribution is 2.23. The number of carbonyl (C=O) groups is 1. The fraction of sp³-hybridized carbons (Fsp3) is 0.857. The van der Waals surface area contributed by atoms with E-state index >= 15 is 0 Å². The van der Waals surface area contributed by atoms with Crippen molar-refractivity contribution in [3.8, 4) is 0 Å². The van der Waals surface area contributed by atoms with Crippen LogP contribution in [0.2, 0.25) is 0 Å². The summed E-state index contributed by atoms with van der Waals surface area (Å²) >= 11 is 5.36. The summed E-state index contributed by atoms with van der Waals surface area (Å²) in [7, 11) is 0. The van der Waals surface area contributed by atoms with E-state index in [4.69, 9.17) is 17.0 Å². The van der Waals surface area contributed by atoms with Crippen LogP contribution in [0.1, 0.15) is 46.0 Å². The highest BCUT2D eigenvalue weighted by molar-refractivity contribution is 7.80. The van der Waals surface area contributed by atoms with Gasteiger partial charge in [0.1, 0.15) is 0 Å². The number of carbonyl (C=O) groups excluding carboxylic acids is 1. The molecule has 1 aliphatic heterocycles. The molecular weight excluding hydrogens is 260 g/mol. The van der Waals surface area contributed by atoms with E-state index in [-0.39, 0.29) is 24.0 Å². The Labute approximate surface area is 120 Å². The van der Waals surface area contributed by atoms with Crippen LogP contribution in [0.3, 0.4) is 0 Å². The van der Waals surface area contributed by atoms with Gasteiger partial charge in [0, 0.05) is 19.0 Å². The van der Waals surface area contributed by atoms with Gasteiger partial charge < -0.3 is 15.0 Å². The lowest BCUT2D eigenvalue weighted by Crippen LogP contribution is -2.53. The lowest BCUT2D eigenvalue weighted by atomic mass is 9.89. The summed E-state index contributed by atoms with van der Waals surface area (Å²) in [5.74, 6) is 0.263. The van der Waals surface area contributed by atoms with Crippen LogP contribution in [0.4, 0.5) is 0 Å². The van der Waals surface area contributed by atoms with Gasteiger partial charge in [-0.05, 0) is 38.9 Å². The van der Waals surface area contributed by atoms with Crippen molar-refractivity contribution in [2.75, 3.05) is 13.1 Å². The lowest BCUT2D eigenvalue weighted by Gasteiger charge is -2.37. The van der Waals surface area contributed by atoms with Gasteiger partial charge in [0.05, 0.1) is 12.2 Å². The summed E-state index contributed by atoms with van der Waals surface area (Å²) < 4.78 is 5.67. The first-order chi connectivity index (χ1) is 9.06. The second-order valence-corrected chi connectivity index (χ2v) is 6.18. The van der Waals surface area contributed by atoms with Crippen LogP contribution in [0, 0.1) is 5.92 Å². The zero-order valence-electron chi connectivity index (χ0n) is 11.9. The van der Waals surface area contributed by atoms with Gasteiger partial charge in [0.2, 0.25) is 5.91 Å². The van der Waals surface area contributed by atoms with E-state index < -0.39 is 0 Å². The highest BCUT2D eigenvalue weighted by atomic mass is 32.1. The fourth-order valence-electron chi connectivity index (χ4n) is 3.00. The molecule has 2 rings (SSSR count). The number of rotatable bonds is 1. The molecule has 0 radical (unpaired) electrons. The third-order valence-corrected chi connectivity index (χ3v) is 4.27. The topological polar surface area (TPSA) is 41.6 Å². The number of thiocarbonyl (C=S) groups is 1. The molecule has 2 fully saturated rings. The maximum absolute atomic E-state index is 12.2. The van der Waals surface area contributed by atoms with Crippen molar-refractivity contribution in [1.29, 1.82) is 0 Å². The zero-order chi connectivity index (χ0) is 13.8. The standard InChI is InChI=1S/C14H24N2O2S/c1-10-8-16(9-11(2)18-10)14(19)15-13(17)12-6-4-3-5-7-12/h10-12H,3-9H2,1-2H3,(H,15,17,19)/t10-,11+. The number of hydrogen-bond acceptors (Lipinski definition) is 3. The summed E-state index contributed by atoms with van der Waals surface area (Å²) in [6.07, 6.45) is 5.91. The van der Waals surface area contributed by atoms with Crippen molar-refractivity contribution in [2.24, 2.45) is 5.92 Å². The van der Waals surface area contributed by atoms with Crippen LogP contribution in [0.25, 0.3) is 0 Å². The van der Waals surface area contributed by atoms with Gasteiger partial charge in [-0.25, -0.2) is 0 Å². The van der Waals surface area contributed by atoms with Crippen molar-refractivity contribution in [3.63, 3.8) is 0 Å². The third kappa shape index (κ3) is 4.14. The van der Waals surface area contributed by atoms with Crippen LogP contribution in [0.5, 0.6) is 0 Å². The minimum Gasteiger partial charge on any atom is -0.372 e. The van der Waals surface area contributed by atoms with E-state index in [1.54, 1.807) is 0 Å². The zero-order valence-corrected chi connectivity index (χ0v) is 12.7. The van der Waals surface area contributed by atoms with E-state index in [9.17, 15) is 4.79 Å². The lowest BCUT2D eigenvalue weighted by molar-refractivity contribution is -0.124. The summed E-state index contributed by atoms with van der Waals surface area (Å²) in [4.78, 5) is 14.2. The van der Waals surface area contributed by atoms with Gasteiger partial charge in [-0.15, -0.1) is 0 Å². The van der Waals surface area contributed by atoms with E-state index in [1.807, 2.05) is 13.8 Å². The van der Waals surface area contributed by atoms with E-state index in [2.05, 4.69) is 10.2 Å².